The molecule has 0 bridgehead atoms. The van der Waals surface area contributed by atoms with Gasteiger partial charge in [-0.2, -0.15) is 0 Å². The molecule has 0 saturated carbocycles. The van der Waals surface area contributed by atoms with Gasteiger partial charge in [0.15, 0.2) is 0 Å². The molecule has 2 rings (SSSR count). The molecule has 0 fully saturated rings. The number of para-hydroxylation sites is 2. The van der Waals surface area contributed by atoms with Crippen molar-refractivity contribution in [2.75, 3.05) is 18.2 Å². The average molecular weight is 366 g/mol. The summed E-state index contributed by atoms with van der Waals surface area (Å²) in [5, 5.41) is 20.0. The van der Waals surface area contributed by atoms with Crippen LogP contribution in [0.15, 0.2) is 48.5 Å². The zero-order chi connectivity index (χ0) is 15.7. The summed E-state index contributed by atoms with van der Waals surface area (Å²) in [6, 6.07) is 15.7. The van der Waals surface area contributed by atoms with Crippen LogP contribution in [0, 0.1) is 0 Å². The van der Waals surface area contributed by atoms with E-state index in [1.54, 1.807) is 7.11 Å². The van der Waals surface area contributed by atoms with E-state index in [9.17, 15) is 0 Å². The molecule has 112 valence electrons. The maximum Gasteiger partial charge on any atom is 1.00 e. The monoisotopic (exact) mass is 366 g/mol. The van der Waals surface area contributed by atoms with Gasteiger partial charge in [-0.05, 0) is 36.0 Å². The molecular weight excluding hydrogens is 350 g/mol. The first-order valence-corrected chi connectivity index (χ1v) is 6.12. The fraction of sp³-hybridized carbons (Fsp3) is 0.133. The summed E-state index contributed by atoms with van der Waals surface area (Å²) in [4.78, 5) is 8.33. The fourth-order valence-electron chi connectivity index (χ4n) is 1.60. The van der Waals surface area contributed by atoms with Crippen molar-refractivity contribution in [3.05, 3.63) is 54.1 Å². The number of nitrogens with two attached hydrogens (primary N) is 1. The molecule has 0 unspecified atom stereocenters. The summed E-state index contributed by atoms with van der Waals surface area (Å²) in [6.45, 7) is 0.748. The van der Waals surface area contributed by atoms with Crippen molar-refractivity contribution < 1.29 is 123 Å². The molecule has 0 spiro atoms. The maximum absolute atomic E-state index is 8.33. The van der Waals surface area contributed by atoms with Crippen molar-refractivity contribution in [3.8, 4) is 5.75 Å². The molecule has 0 aliphatic rings. The molecule has 0 radical (unpaired) electrons. The van der Waals surface area contributed by atoms with Crippen molar-refractivity contribution in [1.29, 1.82) is 0 Å². The number of carboxylic acid groups (broad SMARTS) is 2. The Bertz CT molecular complexity index is 576. The Balaban J connectivity index is 0. The molecule has 0 atom stereocenters. The number of methoxy groups -OCH3 is 1. The van der Waals surface area contributed by atoms with E-state index >= 15 is 0 Å². The van der Waals surface area contributed by atoms with Crippen molar-refractivity contribution >= 4 is 17.5 Å². The van der Waals surface area contributed by atoms with Gasteiger partial charge in [0.25, 0.3) is 0 Å². The topological polar surface area (TPSA) is 110 Å². The molecule has 2 aromatic rings. The number of nitrogen functional groups attached to an aromatic ring is 1. The van der Waals surface area contributed by atoms with E-state index in [4.69, 9.17) is 25.5 Å². The van der Waals surface area contributed by atoms with Gasteiger partial charge in [0, 0.05) is 6.54 Å². The van der Waals surface area contributed by atoms with Crippen molar-refractivity contribution in [2.45, 2.75) is 6.54 Å². The molecule has 23 heavy (non-hydrogen) atoms. The van der Waals surface area contributed by atoms with E-state index in [-0.39, 0.29) is 103 Å². The minimum Gasteiger partial charge on any atom is -0.652 e. The Morgan fingerprint density at radius 3 is 2.09 bits per heavy atom. The summed E-state index contributed by atoms with van der Waals surface area (Å²) in [5.41, 5.74) is 8.76. The number of hydrogen-bond donors (Lipinski definition) is 2. The Labute approximate surface area is 220 Å². The Morgan fingerprint density at radius 2 is 1.61 bits per heavy atom. The van der Waals surface area contributed by atoms with Crippen LogP contribution >= 0.6 is 0 Å². The Kier molecular flexibility index (Phi) is 16.4. The van der Waals surface area contributed by atoms with Crippen molar-refractivity contribution in [2.24, 2.45) is 0 Å². The van der Waals surface area contributed by atoms with Gasteiger partial charge in [0.05, 0.1) is 18.5 Å². The molecule has 8 heteroatoms. The van der Waals surface area contributed by atoms with E-state index in [0.717, 1.165) is 23.7 Å². The van der Waals surface area contributed by atoms with Crippen LogP contribution in [-0.2, 0) is 6.54 Å². The Morgan fingerprint density at radius 1 is 1.09 bits per heavy atom. The first kappa shape index (κ1) is 25.6. The zero-order valence-corrected chi connectivity index (χ0v) is 19.8. The maximum atomic E-state index is 8.33. The number of hydrogen-bond acceptors (Lipinski definition) is 6. The first-order chi connectivity index (χ1) is 10.0. The zero-order valence-electron chi connectivity index (χ0n) is 13.5. The van der Waals surface area contributed by atoms with E-state index < -0.39 is 6.16 Å². The van der Waals surface area contributed by atoms with E-state index in [2.05, 4.69) is 5.32 Å². The molecule has 3 N–H and O–H groups in total. The van der Waals surface area contributed by atoms with Gasteiger partial charge < -0.3 is 30.8 Å². The Hall–Kier alpha value is 0.383. The molecule has 6 nitrogen and oxygen atoms in total. The molecule has 0 amide bonds. The largest absolute Gasteiger partial charge is 1.00 e. The van der Waals surface area contributed by atoms with Gasteiger partial charge >= 0.3 is 103 Å². The van der Waals surface area contributed by atoms with E-state index in [0.29, 0.717) is 0 Å². The number of ether oxygens (including phenoxy) is 1. The molecule has 0 aliphatic heterocycles. The van der Waals surface area contributed by atoms with Crippen LogP contribution in [0.25, 0.3) is 0 Å². The third-order valence-electron chi connectivity index (χ3n) is 2.60. The summed E-state index contributed by atoms with van der Waals surface area (Å²) >= 11 is 0. The molecule has 0 aliphatic carbocycles. The van der Waals surface area contributed by atoms with Gasteiger partial charge in [-0.15, -0.1) is 0 Å². The molecule has 0 saturated heterocycles. The van der Waals surface area contributed by atoms with E-state index in [1.165, 1.54) is 5.56 Å². The van der Waals surface area contributed by atoms with Gasteiger partial charge in [-0.3, -0.25) is 0 Å². The summed E-state index contributed by atoms with van der Waals surface area (Å²) in [6.07, 6.45) is -2.33. The number of rotatable bonds is 4. The van der Waals surface area contributed by atoms with Crippen LogP contribution in [0.4, 0.5) is 16.2 Å². The average Bonchev–Trinajstić information content (AvgIpc) is 2.46. The van der Waals surface area contributed by atoms with Gasteiger partial charge in [0.2, 0.25) is 0 Å². The number of carbonyl (C=O) groups is 1. The van der Waals surface area contributed by atoms with Crippen LogP contribution in [-0.4, -0.2) is 13.3 Å². The smallest absolute Gasteiger partial charge is 0.652 e. The third-order valence-corrected chi connectivity index (χ3v) is 2.60. The predicted octanol–water partition coefficient (Wildman–Crippen LogP) is -5.55. The summed E-state index contributed by atoms with van der Waals surface area (Å²) in [7, 11) is 1.66. The first-order valence-electron chi connectivity index (χ1n) is 6.12. The second-order valence-electron chi connectivity index (χ2n) is 4.04. The molecule has 0 aromatic heterocycles. The third kappa shape index (κ3) is 11.5. The quantitative estimate of drug-likeness (QED) is 0.413. The molecular formula is C15H16K2N2O4. The van der Waals surface area contributed by atoms with Crippen LogP contribution in [0.3, 0.4) is 0 Å². The minimum absolute atomic E-state index is 0. The number of benzene rings is 2. The van der Waals surface area contributed by atoms with Crippen LogP contribution in [0.5, 0.6) is 5.75 Å². The van der Waals surface area contributed by atoms with Crippen LogP contribution < -0.4 is 129 Å². The normalized spacial score (nSPS) is 8.39. The van der Waals surface area contributed by atoms with Gasteiger partial charge in [-0.25, -0.2) is 0 Å². The van der Waals surface area contributed by atoms with Crippen LogP contribution in [0.2, 0.25) is 0 Å². The number of nitrogens with one attached hydrogen (secondary N) is 1. The molecule has 0 heterocycles. The van der Waals surface area contributed by atoms with E-state index in [1.807, 2.05) is 48.5 Å². The SMILES string of the molecule is COc1ccc(CNc2ccccc2N)cc1.O=C([O-])[O-].[K+].[K+]. The molecule has 2 aromatic carbocycles. The number of carbonyl (C=O) groups excluding carboxylic acids is 1. The van der Waals surface area contributed by atoms with Gasteiger partial charge in [-0.1, -0.05) is 24.3 Å². The summed E-state index contributed by atoms with van der Waals surface area (Å²) in [5.74, 6) is 0.868. The van der Waals surface area contributed by atoms with Gasteiger partial charge in [0.1, 0.15) is 5.75 Å². The van der Waals surface area contributed by atoms with Crippen molar-refractivity contribution in [1.82, 2.24) is 0 Å². The van der Waals surface area contributed by atoms with Crippen LogP contribution in [0.1, 0.15) is 5.56 Å². The predicted molar refractivity (Wildman–Crippen MR) is 76.6 cm³/mol. The fourth-order valence-corrected chi connectivity index (χ4v) is 1.60. The minimum atomic E-state index is -2.33. The van der Waals surface area contributed by atoms with Crippen molar-refractivity contribution in [3.63, 3.8) is 0 Å². The standard InChI is InChI=1S/C14H16N2O.CH2O3.2K/c1-17-12-8-6-11(7-9-12)10-16-14-5-3-2-4-13(14)15;2-1(3)4;;/h2-9,16H,10,15H2,1H3;(H2,2,3,4);;/q;;2*+1/p-2. The second-order valence-corrected chi connectivity index (χ2v) is 4.04. The second kappa shape index (κ2) is 14.7. The number of anilines is 2. The summed E-state index contributed by atoms with van der Waals surface area (Å²) < 4.78 is 5.11.